The molecule has 0 aliphatic rings. The molecule has 0 aromatic rings. The Morgan fingerprint density at radius 2 is 1.67 bits per heavy atom. The second-order valence-corrected chi connectivity index (χ2v) is 1.42. The monoisotopic (exact) mass is 131 g/mol. The van der Waals surface area contributed by atoms with E-state index in [2.05, 4.69) is 0 Å². The fourth-order valence-electron chi connectivity index (χ4n) is 0.420. The normalized spacial score (nSPS) is 8.56. The molecule has 0 saturated heterocycles. The van der Waals surface area contributed by atoms with Gasteiger partial charge >= 0.3 is 12.1 Å². The molecule has 0 saturated carbocycles. The molecule has 0 aliphatic heterocycles. The first-order valence-corrected chi connectivity index (χ1v) is 2.46. The average molecular weight is 131 g/mol. The van der Waals surface area contributed by atoms with Crippen LogP contribution in [0.5, 0.6) is 0 Å². The maximum atomic E-state index is 10.2. The molecule has 0 radical (unpaired) electrons. The molecule has 0 unspecified atom stereocenters. The van der Waals surface area contributed by atoms with Crippen molar-refractivity contribution in [3.63, 3.8) is 0 Å². The maximum absolute atomic E-state index is 10.2. The number of primary amides is 2. The van der Waals surface area contributed by atoms with Crippen molar-refractivity contribution in [3.8, 4) is 0 Å². The molecule has 9 heavy (non-hydrogen) atoms. The molecule has 0 bridgehead atoms. The van der Waals surface area contributed by atoms with Crippen LogP contribution in [0, 0.1) is 0 Å². The highest BCUT2D eigenvalue weighted by Crippen LogP contribution is 1.83. The molecule has 52 valence electrons. The van der Waals surface area contributed by atoms with Crippen molar-refractivity contribution in [2.24, 2.45) is 11.5 Å². The molecule has 0 heterocycles. The van der Waals surface area contributed by atoms with Crippen LogP contribution < -0.4 is 11.5 Å². The lowest BCUT2D eigenvalue weighted by Crippen LogP contribution is -2.43. The largest absolute Gasteiger partial charge is 0.351 e. The number of rotatable bonds is 1. The summed E-state index contributed by atoms with van der Waals surface area (Å²) >= 11 is 0. The lowest BCUT2D eigenvalue weighted by molar-refractivity contribution is 0.199. The number of imide groups is 1. The Morgan fingerprint density at radius 3 is 1.67 bits per heavy atom. The Morgan fingerprint density at radius 1 is 1.33 bits per heavy atom. The van der Waals surface area contributed by atoms with Gasteiger partial charge in [0.25, 0.3) is 0 Å². The van der Waals surface area contributed by atoms with Crippen LogP contribution in [0.3, 0.4) is 0 Å². The van der Waals surface area contributed by atoms with Crippen LogP contribution in [0.2, 0.25) is 0 Å². The number of carbonyl (C=O) groups is 2. The first-order chi connectivity index (χ1) is 4.09. The zero-order chi connectivity index (χ0) is 7.44. The highest BCUT2D eigenvalue weighted by atomic mass is 16.2. The number of hydrogen-bond acceptors (Lipinski definition) is 2. The van der Waals surface area contributed by atoms with E-state index in [4.69, 9.17) is 11.5 Å². The van der Waals surface area contributed by atoms with Crippen molar-refractivity contribution < 1.29 is 9.59 Å². The van der Waals surface area contributed by atoms with Crippen molar-refractivity contribution >= 4 is 12.1 Å². The van der Waals surface area contributed by atoms with Gasteiger partial charge in [-0.2, -0.15) is 0 Å². The van der Waals surface area contributed by atoms with Gasteiger partial charge < -0.3 is 11.5 Å². The van der Waals surface area contributed by atoms with E-state index in [1.807, 2.05) is 0 Å². The van der Waals surface area contributed by atoms with Crippen LogP contribution >= 0.6 is 0 Å². The van der Waals surface area contributed by atoms with Gasteiger partial charge in [-0.05, 0) is 6.92 Å². The SMILES string of the molecule is CCN(C(N)=O)C(N)=O. The topological polar surface area (TPSA) is 89.4 Å². The van der Waals surface area contributed by atoms with Crippen molar-refractivity contribution in [3.05, 3.63) is 0 Å². The summed E-state index contributed by atoms with van der Waals surface area (Å²) in [6.07, 6.45) is 0. The smallest absolute Gasteiger partial charge is 0.322 e. The third-order valence-corrected chi connectivity index (χ3v) is 0.848. The van der Waals surface area contributed by atoms with Gasteiger partial charge in [0.05, 0.1) is 0 Å². The summed E-state index contributed by atoms with van der Waals surface area (Å²) in [4.78, 5) is 21.2. The minimum atomic E-state index is -0.815. The van der Waals surface area contributed by atoms with E-state index in [0.717, 1.165) is 4.90 Å². The van der Waals surface area contributed by atoms with Gasteiger partial charge in [0, 0.05) is 6.54 Å². The van der Waals surface area contributed by atoms with E-state index < -0.39 is 12.1 Å². The molecule has 0 rings (SSSR count). The lowest BCUT2D eigenvalue weighted by Gasteiger charge is -2.11. The van der Waals surface area contributed by atoms with Crippen LogP contribution in [-0.2, 0) is 0 Å². The Hall–Kier alpha value is -1.26. The third kappa shape index (κ3) is 1.98. The summed E-state index contributed by atoms with van der Waals surface area (Å²) in [7, 11) is 0. The van der Waals surface area contributed by atoms with Crippen molar-refractivity contribution in [2.75, 3.05) is 6.54 Å². The number of carbonyl (C=O) groups excluding carboxylic acids is 2. The molecular formula is C4H9N3O2. The Labute approximate surface area is 52.6 Å². The van der Waals surface area contributed by atoms with Gasteiger partial charge in [0.1, 0.15) is 0 Å². The van der Waals surface area contributed by atoms with Gasteiger partial charge in [-0.1, -0.05) is 0 Å². The summed E-state index contributed by atoms with van der Waals surface area (Å²) in [5.74, 6) is 0. The van der Waals surface area contributed by atoms with Crippen molar-refractivity contribution in [1.82, 2.24) is 4.90 Å². The molecule has 0 fully saturated rings. The molecular weight excluding hydrogens is 122 g/mol. The molecule has 0 aliphatic carbocycles. The van der Waals surface area contributed by atoms with E-state index in [1.54, 1.807) is 6.92 Å². The molecule has 0 atom stereocenters. The van der Waals surface area contributed by atoms with Crippen LogP contribution in [0.15, 0.2) is 0 Å². The number of nitrogens with zero attached hydrogens (tertiary/aromatic N) is 1. The van der Waals surface area contributed by atoms with Gasteiger partial charge in [-0.15, -0.1) is 0 Å². The van der Waals surface area contributed by atoms with Crippen LogP contribution in [0.25, 0.3) is 0 Å². The Bertz CT molecular complexity index is 120. The second kappa shape index (κ2) is 2.91. The predicted octanol–water partition coefficient (Wildman–Crippen LogP) is -0.534. The van der Waals surface area contributed by atoms with Gasteiger partial charge in [-0.25, -0.2) is 14.5 Å². The summed E-state index contributed by atoms with van der Waals surface area (Å²) < 4.78 is 0. The van der Waals surface area contributed by atoms with E-state index in [1.165, 1.54) is 0 Å². The number of amides is 4. The number of hydrogen-bond donors (Lipinski definition) is 2. The van der Waals surface area contributed by atoms with Crippen molar-refractivity contribution in [2.45, 2.75) is 6.92 Å². The summed E-state index contributed by atoms with van der Waals surface area (Å²) in [6.45, 7) is 1.82. The molecule has 4 amide bonds. The molecule has 0 aromatic heterocycles. The highest BCUT2D eigenvalue weighted by Gasteiger charge is 2.11. The molecule has 4 N–H and O–H groups in total. The van der Waals surface area contributed by atoms with Gasteiger partial charge in [0.2, 0.25) is 0 Å². The van der Waals surface area contributed by atoms with E-state index in [-0.39, 0.29) is 6.54 Å². The first-order valence-electron chi connectivity index (χ1n) is 2.46. The van der Waals surface area contributed by atoms with Crippen LogP contribution in [0.4, 0.5) is 9.59 Å². The average Bonchev–Trinajstić information content (AvgIpc) is 1.64. The zero-order valence-corrected chi connectivity index (χ0v) is 5.13. The Balaban J connectivity index is 3.99. The Kier molecular flexibility index (Phi) is 2.50. The number of urea groups is 2. The summed E-state index contributed by atoms with van der Waals surface area (Å²) in [5, 5.41) is 0. The number of nitrogens with two attached hydrogens (primary N) is 2. The van der Waals surface area contributed by atoms with Crippen LogP contribution in [0.1, 0.15) is 6.92 Å². The highest BCUT2D eigenvalue weighted by molar-refractivity contribution is 5.91. The van der Waals surface area contributed by atoms with E-state index in [0.29, 0.717) is 0 Å². The van der Waals surface area contributed by atoms with Gasteiger partial charge in [0.15, 0.2) is 0 Å². The summed E-state index contributed by atoms with van der Waals surface area (Å²) in [5.41, 5.74) is 9.47. The fraction of sp³-hybridized carbons (Fsp3) is 0.500. The molecule has 5 heteroatoms. The maximum Gasteiger partial charge on any atom is 0.322 e. The predicted molar refractivity (Wildman–Crippen MR) is 31.5 cm³/mol. The molecule has 0 aromatic carbocycles. The fourth-order valence-corrected chi connectivity index (χ4v) is 0.420. The first kappa shape index (κ1) is 7.74. The second-order valence-electron chi connectivity index (χ2n) is 1.42. The van der Waals surface area contributed by atoms with Gasteiger partial charge in [-0.3, -0.25) is 0 Å². The molecule has 5 nitrogen and oxygen atoms in total. The van der Waals surface area contributed by atoms with E-state index in [9.17, 15) is 9.59 Å². The standard InChI is InChI=1S/C4H9N3O2/c1-2-7(3(5)8)4(6)9/h2H2,1H3,(H2,5,8)(H2,6,9). The molecule has 0 spiro atoms. The quantitative estimate of drug-likeness (QED) is 0.500. The minimum absolute atomic E-state index is 0.213. The zero-order valence-electron chi connectivity index (χ0n) is 5.13. The minimum Gasteiger partial charge on any atom is -0.351 e. The lowest BCUT2D eigenvalue weighted by atomic mass is 10.6. The van der Waals surface area contributed by atoms with Crippen molar-refractivity contribution in [1.29, 1.82) is 0 Å². The third-order valence-electron chi connectivity index (χ3n) is 0.848. The van der Waals surface area contributed by atoms with Crippen LogP contribution in [-0.4, -0.2) is 23.5 Å². The summed E-state index contributed by atoms with van der Waals surface area (Å²) in [6, 6.07) is -1.63. The van der Waals surface area contributed by atoms with E-state index >= 15 is 0 Å².